The van der Waals surface area contributed by atoms with Crippen LogP contribution in [0.25, 0.3) is 0 Å². The van der Waals surface area contributed by atoms with E-state index in [2.05, 4.69) is 0 Å². The van der Waals surface area contributed by atoms with E-state index in [1.54, 1.807) is 96.3 Å². The average Bonchev–Trinajstić information content (AvgIpc) is 3.00. The summed E-state index contributed by atoms with van der Waals surface area (Å²) in [5, 5.41) is 0. The Bertz CT molecular complexity index is 492. The second-order valence-corrected chi connectivity index (χ2v) is 11.6. The molecule has 10 atom stereocenters. The van der Waals surface area contributed by atoms with Gasteiger partial charge < -0.3 is 0 Å². The second kappa shape index (κ2) is 6.27. The van der Waals surface area contributed by atoms with Gasteiger partial charge in [0.25, 0.3) is 0 Å². The molecular formula is C25H40. The van der Waals surface area contributed by atoms with Crippen LogP contribution >= 0.6 is 0 Å². The van der Waals surface area contributed by atoms with Crippen LogP contribution in [0.1, 0.15) is 96.3 Å². The fourth-order valence-electron chi connectivity index (χ4n) is 9.77. The molecule has 0 aromatic rings. The van der Waals surface area contributed by atoms with Crippen LogP contribution in [0.3, 0.4) is 0 Å². The molecule has 0 heterocycles. The lowest BCUT2D eigenvalue weighted by Crippen LogP contribution is -2.43. The minimum Gasteiger partial charge on any atom is -0.0530 e. The van der Waals surface area contributed by atoms with E-state index in [4.69, 9.17) is 0 Å². The first-order valence-electron chi connectivity index (χ1n) is 12.3. The van der Waals surface area contributed by atoms with Crippen molar-refractivity contribution in [2.24, 2.45) is 59.2 Å². The molecule has 0 aliphatic heterocycles. The molecular weight excluding hydrogens is 300 g/mol. The predicted molar refractivity (Wildman–Crippen MR) is 104 cm³/mol. The molecule has 0 spiro atoms. The molecule has 6 saturated carbocycles. The van der Waals surface area contributed by atoms with Crippen molar-refractivity contribution in [2.75, 3.05) is 0 Å². The summed E-state index contributed by atoms with van der Waals surface area (Å²) in [5.41, 5.74) is 0. The highest BCUT2D eigenvalue weighted by Gasteiger charge is 2.52. The third-order valence-electron chi connectivity index (χ3n) is 10.7. The summed E-state index contributed by atoms with van der Waals surface area (Å²) in [6, 6.07) is 0. The first-order valence-corrected chi connectivity index (χ1v) is 12.3. The topological polar surface area (TPSA) is 0 Å². The zero-order valence-electron chi connectivity index (χ0n) is 16.4. The van der Waals surface area contributed by atoms with Crippen molar-refractivity contribution in [1.29, 1.82) is 0 Å². The normalized spacial score (nSPS) is 57.6. The molecule has 0 bridgehead atoms. The van der Waals surface area contributed by atoms with Crippen LogP contribution < -0.4 is 0 Å². The van der Waals surface area contributed by atoms with Crippen LogP contribution in [0, 0.1) is 59.2 Å². The van der Waals surface area contributed by atoms with Gasteiger partial charge in [-0.1, -0.05) is 44.9 Å². The van der Waals surface area contributed by atoms with Crippen LogP contribution in [0.2, 0.25) is 0 Å². The van der Waals surface area contributed by atoms with E-state index < -0.39 is 0 Å². The summed E-state index contributed by atoms with van der Waals surface area (Å²) in [5.74, 6) is 11.6. The third kappa shape index (κ3) is 2.67. The first kappa shape index (κ1) is 16.0. The predicted octanol–water partition coefficient (Wildman–Crippen LogP) is 7.08. The Hall–Kier alpha value is 0. The minimum absolute atomic E-state index is 1.15. The molecule has 140 valence electrons. The van der Waals surface area contributed by atoms with Crippen LogP contribution in [-0.4, -0.2) is 0 Å². The van der Waals surface area contributed by atoms with E-state index in [9.17, 15) is 0 Å². The Kier molecular flexibility index (Phi) is 4.01. The Labute approximate surface area is 155 Å². The van der Waals surface area contributed by atoms with Gasteiger partial charge in [-0.25, -0.2) is 0 Å². The van der Waals surface area contributed by atoms with Crippen molar-refractivity contribution in [2.45, 2.75) is 96.3 Å². The summed E-state index contributed by atoms with van der Waals surface area (Å²) < 4.78 is 0. The van der Waals surface area contributed by atoms with Gasteiger partial charge in [0.1, 0.15) is 0 Å². The summed E-state index contributed by atoms with van der Waals surface area (Å²) in [4.78, 5) is 0. The molecule has 0 heteroatoms. The molecule has 0 amide bonds. The maximum Gasteiger partial charge on any atom is -0.0352 e. The van der Waals surface area contributed by atoms with Crippen LogP contribution in [0.4, 0.5) is 0 Å². The number of hydrogen-bond acceptors (Lipinski definition) is 0. The molecule has 6 aliphatic rings. The van der Waals surface area contributed by atoms with Gasteiger partial charge in [0.05, 0.1) is 0 Å². The van der Waals surface area contributed by atoms with Crippen molar-refractivity contribution in [1.82, 2.24) is 0 Å². The van der Waals surface area contributed by atoms with Crippen molar-refractivity contribution >= 4 is 0 Å². The van der Waals surface area contributed by atoms with E-state index in [1.165, 1.54) is 11.8 Å². The van der Waals surface area contributed by atoms with E-state index in [0.29, 0.717) is 0 Å². The SMILES string of the molecule is C1CCC2CC3CC4CC5C(CC4CC3CC2C1)CC1CCCCC15. The third-order valence-corrected chi connectivity index (χ3v) is 10.7. The Morgan fingerprint density at radius 3 is 1.40 bits per heavy atom. The summed E-state index contributed by atoms with van der Waals surface area (Å²) in [6.45, 7) is 0. The zero-order chi connectivity index (χ0) is 16.4. The van der Waals surface area contributed by atoms with Crippen molar-refractivity contribution in [3.63, 3.8) is 0 Å². The standard InChI is InChI=1S/C25H40/c1-2-6-17-10-20-13-22-15-25-23(11-18-7-3-4-8-24(18)25)14-21(22)12-19(20)9-16(17)5-1/h16-25H,1-15H2. The average molecular weight is 341 g/mol. The fourth-order valence-corrected chi connectivity index (χ4v) is 9.77. The number of hydrogen-bond donors (Lipinski definition) is 0. The van der Waals surface area contributed by atoms with Gasteiger partial charge in [0.2, 0.25) is 0 Å². The van der Waals surface area contributed by atoms with Gasteiger partial charge in [-0.3, -0.25) is 0 Å². The smallest absolute Gasteiger partial charge is 0.0352 e. The maximum absolute atomic E-state index is 1.67. The van der Waals surface area contributed by atoms with E-state index in [0.717, 1.165) is 47.3 Å². The molecule has 6 aliphatic carbocycles. The van der Waals surface area contributed by atoms with E-state index >= 15 is 0 Å². The monoisotopic (exact) mass is 340 g/mol. The number of fused-ring (bicyclic) bond motifs is 6. The zero-order valence-corrected chi connectivity index (χ0v) is 16.4. The van der Waals surface area contributed by atoms with E-state index in [-0.39, 0.29) is 0 Å². The molecule has 6 rings (SSSR count). The Balaban J connectivity index is 1.17. The Morgan fingerprint density at radius 1 is 0.280 bits per heavy atom. The molecule has 10 unspecified atom stereocenters. The molecule has 25 heavy (non-hydrogen) atoms. The quantitative estimate of drug-likeness (QED) is 0.442. The first-order chi connectivity index (χ1) is 12.3. The lowest BCUT2D eigenvalue weighted by atomic mass is 9.52. The molecule has 0 saturated heterocycles. The van der Waals surface area contributed by atoms with Gasteiger partial charge in [0.15, 0.2) is 0 Å². The van der Waals surface area contributed by atoms with Gasteiger partial charge in [-0.15, -0.1) is 0 Å². The highest BCUT2D eigenvalue weighted by molar-refractivity contribution is 5.02. The molecule has 0 aromatic carbocycles. The second-order valence-electron chi connectivity index (χ2n) is 11.6. The molecule has 6 fully saturated rings. The molecule has 0 aromatic heterocycles. The molecule has 0 nitrogen and oxygen atoms in total. The highest BCUT2D eigenvalue weighted by Crippen LogP contribution is 2.61. The van der Waals surface area contributed by atoms with Gasteiger partial charge >= 0.3 is 0 Å². The van der Waals surface area contributed by atoms with Crippen molar-refractivity contribution < 1.29 is 0 Å². The molecule has 0 radical (unpaired) electrons. The maximum atomic E-state index is 1.67. The van der Waals surface area contributed by atoms with E-state index in [1.807, 2.05) is 0 Å². The Morgan fingerprint density at radius 2 is 0.720 bits per heavy atom. The molecule has 0 N–H and O–H groups in total. The summed E-state index contributed by atoms with van der Waals surface area (Å²) in [7, 11) is 0. The lowest BCUT2D eigenvalue weighted by molar-refractivity contribution is -0.0270. The van der Waals surface area contributed by atoms with Crippen LogP contribution in [0.5, 0.6) is 0 Å². The minimum atomic E-state index is 1.15. The van der Waals surface area contributed by atoms with Crippen molar-refractivity contribution in [3.8, 4) is 0 Å². The highest BCUT2D eigenvalue weighted by atomic mass is 14.6. The van der Waals surface area contributed by atoms with Crippen LogP contribution in [-0.2, 0) is 0 Å². The summed E-state index contributed by atoms with van der Waals surface area (Å²) >= 11 is 0. The van der Waals surface area contributed by atoms with Crippen LogP contribution in [0.15, 0.2) is 0 Å². The van der Waals surface area contributed by atoms with Gasteiger partial charge in [-0.2, -0.15) is 0 Å². The van der Waals surface area contributed by atoms with Gasteiger partial charge in [-0.05, 0) is 111 Å². The summed E-state index contributed by atoms with van der Waals surface area (Å²) in [6.07, 6.45) is 24.2. The largest absolute Gasteiger partial charge is 0.0530 e. The fraction of sp³-hybridized carbons (Fsp3) is 1.00. The lowest BCUT2D eigenvalue weighted by Gasteiger charge is -2.53. The van der Waals surface area contributed by atoms with Gasteiger partial charge in [0, 0.05) is 0 Å². The van der Waals surface area contributed by atoms with Crippen molar-refractivity contribution in [3.05, 3.63) is 0 Å². The number of rotatable bonds is 0.